The van der Waals surface area contributed by atoms with Crippen LogP contribution in [0, 0.1) is 11.6 Å². The molecule has 0 radical (unpaired) electrons. The molecule has 2 aromatic carbocycles. The monoisotopic (exact) mass is 355 g/mol. The predicted octanol–water partition coefficient (Wildman–Crippen LogP) is 3.29. The third-order valence-corrected chi connectivity index (χ3v) is 5.22. The lowest BCUT2D eigenvalue weighted by Crippen LogP contribution is -2.16. The van der Waals surface area contributed by atoms with Crippen LogP contribution in [0.15, 0.2) is 57.2 Å². The molecule has 0 aliphatic heterocycles. The van der Waals surface area contributed by atoms with E-state index in [0.717, 1.165) is 6.20 Å². The first kappa shape index (κ1) is 15.6. The Bertz CT molecular complexity index is 1070. The second-order valence-electron chi connectivity index (χ2n) is 4.78. The summed E-state index contributed by atoms with van der Waals surface area (Å²) in [5.74, 6) is -2.10. The summed E-state index contributed by atoms with van der Waals surface area (Å²) in [6, 6.07) is 6.23. The van der Waals surface area contributed by atoms with Crippen molar-refractivity contribution < 1.29 is 17.2 Å². The quantitative estimate of drug-likeness (QED) is 0.767. The number of hydrogen-bond acceptors (Lipinski definition) is 3. The Morgan fingerprint density at radius 1 is 1.00 bits per heavy atom. The molecular weight excluding hydrogens is 348 g/mol. The van der Waals surface area contributed by atoms with E-state index >= 15 is 0 Å². The summed E-state index contributed by atoms with van der Waals surface area (Å²) < 4.78 is 51.5. The van der Waals surface area contributed by atoms with E-state index in [4.69, 9.17) is 11.6 Å². The molecule has 0 saturated carbocycles. The first-order valence-corrected chi connectivity index (χ1v) is 8.17. The molecular formula is C15H8ClF2NO3S. The molecule has 0 spiro atoms. The Morgan fingerprint density at radius 2 is 1.65 bits per heavy atom. The second kappa shape index (κ2) is 5.43. The Morgan fingerprint density at radius 3 is 2.30 bits per heavy atom. The van der Waals surface area contributed by atoms with E-state index in [0.29, 0.717) is 23.7 Å². The van der Waals surface area contributed by atoms with Crippen LogP contribution in [0.1, 0.15) is 0 Å². The first-order chi connectivity index (χ1) is 10.8. The van der Waals surface area contributed by atoms with Gasteiger partial charge < -0.3 is 4.98 Å². The molecule has 23 heavy (non-hydrogen) atoms. The third-order valence-electron chi connectivity index (χ3n) is 3.24. The van der Waals surface area contributed by atoms with Gasteiger partial charge >= 0.3 is 0 Å². The van der Waals surface area contributed by atoms with Gasteiger partial charge in [0.1, 0.15) is 16.5 Å². The zero-order chi connectivity index (χ0) is 16.8. The predicted molar refractivity (Wildman–Crippen MR) is 81.4 cm³/mol. The highest BCUT2D eigenvalue weighted by Gasteiger charge is 2.24. The van der Waals surface area contributed by atoms with E-state index in [1.54, 1.807) is 0 Å². The highest BCUT2D eigenvalue weighted by Crippen LogP contribution is 2.22. The molecule has 0 unspecified atom stereocenters. The van der Waals surface area contributed by atoms with Crippen molar-refractivity contribution >= 4 is 32.3 Å². The Labute approximate surface area is 134 Å². The molecule has 118 valence electrons. The topological polar surface area (TPSA) is 67.0 Å². The van der Waals surface area contributed by atoms with E-state index in [1.165, 1.54) is 18.2 Å². The van der Waals surface area contributed by atoms with Crippen LogP contribution in [0.25, 0.3) is 10.9 Å². The van der Waals surface area contributed by atoms with Crippen molar-refractivity contribution in [1.29, 1.82) is 0 Å². The number of aromatic amines is 1. The molecule has 1 aromatic heterocycles. The molecule has 8 heteroatoms. The molecule has 0 amide bonds. The van der Waals surface area contributed by atoms with Gasteiger partial charge in [0.2, 0.25) is 15.3 Å². The van der Waals surface area contributed by atoms with E-state index in [9.17, 15) is 22.0 Å². The maximum Gasteiger partial charge on any atom is 0.212 e. The molecule has 0 bridgehead atoms. The number of nitrogens with one attached hydrogen (secondary N) is 1. The zero-order valence-electron chi connectivity index (χ0n) is 11.3. The number of pyridine rings is 1. The van der Waals surface area contributed by atoms with Gasteiger partial charge in [-0.2, -0.15) is 0 Å². The van der Waals surface area contributed by atoms with Crippen LogP contribution in [0.4, 0.5) is 8.78 Å². The molecule has 1 heterocycles. The fraction of sp³-hybridized carbons (Fsp3) is 0. The highest BCUT2D eigenvalue weighted by molar-refractivity contribution is 7.91. The number of aromatic nitrogens is 1. The van der Waals surface area contributed by atoms with Crippen LogP contribution in [0.3, 0.4) is 0 Å². The van der Waals surface area contributed by atoms with E-state index in [-0.39, 0.29) is 10.4 Å². The molecule has 3 aromatic rings. The van der Waals surface area contributed by atoms with Gasteiger partial charge in [-0.25, -0.2) is 17.2 Å². The number of fused-ring (bicyclic) bond motifs is 1. The lowest BCUT2D eigenvalue weighted by Gasteiger charge is -2.06. The molecule has 4 nitrogen and oxygen atoms in total. The van der Waals surface area contributed by atoms with Crippen LogP contribution in [-0.2, 0) is 9.84 Å². The summed E-state index contributed by atoms with van der Waals surface area (Å²) >= 11 is 5.81. The normalized spacial score (nSPS) is 11.8. The van der Waals surface area contributed by atoms with Crippen molar-refractivity contribution in [2.75, 3.05) is 0 Å². The molecule has 0 fully saturated rings. The maximum absolute atomic E-state index is 13.3. The number of rotatable bonds is 2. The standard InChI is InChI=1S/C15H8ClF2NO3S/c16-8-1-2-13-12(3-8)15(20)14(7-19-13)23(21,22)11-5-9(17)4-10(18)6-11/h1-7H,(H,19,20). The minimum Gasteiger partial charge on any atom is -0.360 e. The Hall–Kier alpha value is -2.25. The van der Waals surface area contributed by atoms with Gasteiger partial charge in [0.25, 0.3) is 0 Å². The summed E-state index contributed by atoms with van der Waals surface area (Å²) in [5, 5.41) is 0.324. The van der Waals surface area contributed by atoms with E-state index < -0.39 is 36.7 Å². The number of H-pyrrole nitrogens is 1. The fourth-order valence-corrected chi connectivity index (χ4v) is 3.71. The molecule has 0 aliphatic rings. The van der Waals surface area contributed by atoms with E-state index in [2.05, 4.69) is 4.98 Å². The van der Waals surface area contributed by atoms with Gasteiger partial charge in [0, 0.05) is 28.2 Å². The van der Waals surface area contributed by atoms with Crippen LogP contribution >= 0.6 is 11.6 Å². The van der Waals surface area contributed by atoms with Crippen molar-refractivity contribution in [3.8, 4) is 0 Å². The lowest BCUT2D eigenvalue weighted by molar-refractivity contribution is 0.567. The summed E-state index contributed by atoms with van der Waals surface area (Å²) in [4.78, 5) is 13.8. The smallest absolute Gasteiger partial charge is 0.212 e. The number of benzene rings is 2. The number of halogens is 3. The minimum atomic E-state index is -4.39. The largest absolute Gasteiger partial charge is 0.360 e. The van der Waals surface area contributed by atoms with Crippen molar-refractivity contribution in [3.63, 3.8) is 0 Å². The average molecular weight is 356 g/mol. The minimum absolute atomic E-state index is 0.0652. The van der Waals surface area contributed by atoms with Crippen molar-refractivity contribution in [1.82, 2.24) is 4.98 Å². The summed E-state index contributed by atoms with van der Waals surface area (Å²) in [7, 11) is -4.39. The van der Waals surface area contributed by atoms with Gasteiger partial charge in [0.15, 0.2) is 0 Å². The SMILES string of the molecule is O=c1c(S(=O)(=O)c2cc(F)cc(F)c2)c[nH]c2ccc(Cl)cc12. The third kappa shape index (κ3) is 2.73. The van der Waals surface area contributed by atoms with Gasteiger partial charge in [0.05, 0.1) is 4.90 Å². The van der Waals surface area contributed by atoms with Gasteiger partial charge in [-0.15, -0.1) is 0 Å². The lowest BCUT2D eigenvalue weighted by atomic mass is 10.2. The molecule has 0 atom stereocenters. The van der Waals surface area contributed by atoms with Gasteiger partial charge in [-0.3, -0.25) is 4.79 Å². The molecule has 3 rings (SSSR count). The van der Waals surface area contributed by atoms with E-state index in [1.807, 2.05) is 0 Å². The fourth-order valence-electron chi connectivity index (χ4n) is 2.18. The van der Waals surface area contributed by atoms with Crippen LogP contribution in [-0.4, -0.2) is 13.4 Å². The highest BCUT2D eigenvalue weighted by atomic mass is 35.5. The molecule has 0 aliphatic carbocycles. The Kier molecular flexibility index (Phi) is 3.69. The van der Waals surface area contributed by atoms with Crippen molar-refractivity contribution in [2.24, 2.45) is 0 Å². The van der Waals surface area contributed by atoms with Crippen LogP contribution < -0.4 is 5.43 Å². The maximum atomic E-state index is 13.3. The summed E-state index contributed by atoms with van der Waals surface area (Å²) in [6.45, 7) is 0. The first-order valence-electron chi connectivity index (χ1n) is 6.31. The second-order valence-corrected chi connectivity index (χ2v) is 7.14. The zero-order valence-corrected chi connectivity index (χ0v) is 12.9. The average Bonchev–Trinajstić information content (AvgIpc) is 2.47. The van der Waals surface area contributed by atoms with Gasteiger partial charge in [-0.05, 0) is 30.3 Å². The van der Waals surface area contributed by atoms with Crippen molar-refractivity contribution in [2.45, 2.75) is 9.79 Å². The van der Waals surface area contributed by atoms with Crippen LogP contribution in [0.5, 0.6) is 0 Å². The molecule has 1 N–H and O–H groups in total. The summed E-state index contributed by atoms with van der Waals surface area (Å²) in [6.07, 6.45) is 0.997. The van der Waals surface area contributed by atoms with Gasteiger partial charge in [-0.1, -0.05) is 11.6 Å². The van der Waals surface area contributed by atoms with Crippen LogP contribution in [0.2, 0.25) is 5.02 Å². The number of hydrogen-bond donors (Lipinski definition) is 1. The number of sulfone groups is 1. The Balaban J connectivity index is 2.31. The summed E-state index contributed by atoms with van der Waals surface area (Å²) in [5.41, 5.74) is -0.408. The van der Waals surface area contributed by atoms with Crippen molar-refractivity contribution in [3.05, 3.63) is 69.5 Å². The molecule has 0 saturated heterocycles.